The Morgan fingerprint density at radius 2 is 1.38 bits per heavy atom. The quantitative estimate of drug-likeness (QED) is 0.458. The van der Waals surface area contributed by atoms with Gasteiger partial charge in [-0.25, -0.2) is 4.68 Å². The molecule has 0 saturated carbocycles. The highest BCUT2D eigenvalue weighted by atomic mass is 15.3. The average Bonchev–Trinajstić information content (AvgIpc) is 3.13. The van der Waals surface area contributed by atoms with Crippen LogP contribution in [0, 0.1) is 18.8 Å². The van der Waals surface area contributed by atoms with Crippen molar-refractivity contribution >= 4 is 0 Å². The van der Waals surface area contributed by atoms with Crippen LogP contribution in [-0.2, 0) is 0 Å². The summed E-state index contributed by atoms with van der Waals surface area (Å²) in [5.41, 5.74) is 6.29. The van der Waals surface area contributed by atoms with Crippen molar-refractivity contribution in [2.45, 2.75) is 6.92 Å². The SMILES string of the molecule is Cc1ccc(C#Cc2cnn(-c3ccccc3)c2-c2ccccc2)cc1. The maximum absolute atomic E-state index is 4.60. The van der Waals surface area contributed by atoms with Crippen molar-refractivity contribution in [3.8, 4) is 28.8 Å². The van der Waals surface area contributed by atoms with Crippen molar-refractivity contribution in [3.05, 3.63) is 108 Å². The molecule has 1 aromatic heterocycles. The zero-order valence-corrected chi connectivity index (χ0v) is 14.6. The first kappa shape index (κ1) is 15.9. The molecule has 0 N–H and O–H groups in total. The number of aryl methyl sites for hydroxylation is 1. The molecule has 124 valence electrons. The van der Waals surface area contributed by atoms with Gasteiger partial charge in [0.05, 0.1) is 23.1 Å². The number of nitrogens with zero attached hydrogens (tertiary/aromatic N) is 2. The molecule has 26 heavy (non-hydrogen) atoms. The normalized spacial score (nSPS) is 10.2. The smallest absolute Gasteiger partial charge is 0.0897 e. The molecule has 1 heterocycles. The Labute approximate surface area is 153 Å². The lowest BCUT2D eigenvalue weighted by molar-refractivity contribution is 0.888. The molecule has 0 unspecified atom stereocenters. The van der Waals surface area contributed by atoms with Crippen molar-refractivity contribution in [1.82, 2.24) is 9.78 Å². The van der Waals surface area contributed by atoms with Crippen molar-refractivity contribution < 1.29 is 0 Å². The molecule has 0 fully saturated rings. The maximum Gasteiger partial charge on any atom is 0.0897 e. The van der Waals surface area contributed by atoms with E-state index in [0.29, 0.717) is 0 Å². The van der Waals surface area contributed by atoms with Crippen LogP contribution in [0.2, 0.25) is 0 Å². The minimum atomic E-state index is 0.917. The second-order valence-electron chi connectivity index (χ2n) is 6.14. The summed E-state index contributed by atoms with van der Waals surface area (Å²) >= 11 is 0. The number of benzene rings is 3. The molecule has 0 aliphatic rings. The fraction of sp³-hybridized carbons (Fsp3) is 0.0417. The summed E-state index contributed by atoms with van der Waals surface area (Å²) < 4.78 is 1.95. The number of aromatic nitrogens is 2. The van der Waals surface area contributed by atoms with Crippen LogP contribution in [0.15, 0.2) is 91.1 Å². The first-order chi connectivity index (χ1) is 12.8. The number of hydrogen-bond acceptors (Lipinski definition) is 1. The molecule has 0 saturated heterocycles. The standard InChI is InChI=1S/C24H18N2/c1-19-12-14-20(15-13-19)16-17-22-18-25-26(23-10-6-3-7-11-23)24(22)21-8-4-2-5-9-21/h2-15,18H,1H3. The van der Waals surface area contributed by atoms with Crippen LogP contribution < -0.4 is 0 Å². The van der Waals surface area contributed by atoms with Crippen LogP contribution >= 0.6 is 0 Å². The molecular formula is C24H18N2. The predicted octanol–water partition coefficient (Wildman–Crippen LogP) is 5.25. The number of para-hydroxylation sites is 1. The molecular weight excluding hydrogens is 316 g/mol. The van der Waals surface area contributed by atoms with E-state index in [2.05, 4.69) is 60.3 Å². The highest BCUT2D eigenvalue weighted by molar-refractivity contribution is 5.70. The van der Waals surface area contributed by atoms with Crippen LogP contribution in [0.25, 0.3) is 16.9 Å². The van der Waals surface area contributed by atoms with Gasteiger partial charge in [-0.3, -0.25) is 0 Å². The molecule has 2 heteroatoms. The molecule has 2 nitrogen and oxygen atoms in total. The minimum absolute atomic E-state index is 0.917. The van der Waals surface area contributed by atoms with Gasteiger partial charge in [-0.05, 0) is 31.2 Å². The van der Waals surface area contributed by atoms with Gasteiger partial charge in [-0.2, -0.15) is 5.10 Å². The first-order valence-electron chi connectivity index (χ1n) is 8.59. The summed E-state index contributed by atoms with van der Waals surface area (Å²) in [5.74, 6) is 6.56. The highest BCUT2D eigenvalue weighted by Gasteiger charge is 2.12. The van der Waals surface area contributed by atoms with Crippen molar-refractivity contribution in [2.75, 3.05) is 0 Å². The molecule has 0 aliphatic carbocycles. The van der Waals surface area contributed by atoms with E-state index in [-0.39, 0.29) is 0 Å². The monoisotopic (exact) mass is 334 g/mol. The Kier molecular flexibility index (Phi) is 4.37. The molecule has 0 bridgehead atoms. The topological polar surface area (TPSA) is 17.8 Å². The van der Waals surface area contributed by atoms with Gasteiger partial charge in [-0.1, -0.05) is 78.1 Å². The summed E-state index contributed by atoms with van der Waals surface area (Å²) in [6.45, 7) is 2.08. The molecule has 0 atom stereocenters. The van der Waals surface area contributed by atoms with E-state index in [0.717, 1.165) is 28.1 Å². The van der Waals surface area contributed by atoms with Crippen LogP contribution in [0.3, 0.4) is 0 Å². The van der Waals surface area contributed by atoms with Gasteiger partial charge in [0.2, 0.25) is 0 Å². The largest absolute Gasteiger partial charge is 0.232 e. The zero-order chi connectivity index (χ0) is 17.8. The van der Waals surface area contributed by atoms with E-state index in [1.807, 2.05) is 59.4 Å². The van der Waals surface area contributed by atoms with E-state index in [1.165, 1.54) is 5.56 Å². The highest BCUT2D eigenvalue weighted by Crippen LogP contribution is 2.26. The second kappa shape index (κ2) is 7.13. The van der Waals surface area contributed by atoms with Gasteiger partial charge in [0.1, 0.15) is 0 Å². The Morgan fingerprint density at radius 3 is 2.08 bits per heavy atom. The molecule has 3 aromatic carbocycles. The van der Waals surface area contributed by atoms with Crippen LogP contribution in [0.1, 0.15) is 16.7 Å². The molecule has 0 radical (unpaired) electrons. The van der Waals surface area contributed by atoms with Crippen molar-refractivity contribution in [3.63, 3.8) is 0 Å². The Balaban J connectivity index is 1.83. The molecule has 4 rings (SSSR count). The van der Waals surface area contributed by atoms with Crippen LogP contribution in [0.4, 0.5) is 0 Å². The Bertz CT molecular complexity index is 1060. The summed E-state index contributed by atoms with van der Waals surface area (Å²) in [5, 5.41) is 4.60. The third-order valence-electron chi connectivity index (χ3n) is 4.21. The molecule has 0 spiro atoms. The molecule has 4 aromatic rings. The maximum atomic E-state index is 4.60. The zero-order valence-electron chi connectivity index (χ0n) is 14.6. The fourth-order valence-electron chi connectivity index (χ4n) is 2.86. The summed E-state index contributed by atoms with van der Waals surface area (Å²) in [6.07, 6.45) is 1.84. The van der Waals surface area contributed by atoms with Gasteiger partial charge in [0, 0.05) is 11.1 Å². The fourth-order valence-corrected chi connectivity index (χ4v) is 2.86. The summed E-state index contributed by atoms with van der Waals surface area (Å²) in [6, 6.07) is 28.7. The first-order valence-corrected chi connectivity index (χ1v) is 8.59. The number of rotatable bonds is 2. The van der Waals surface area contributed by atoms with Crippen molar-refractivity contribution in [1.29, 1.82) is 0 Å². The Hall–Kier alpha value is -3.57. The van der Waals surface area contributed by atoms with Gasteiger partial charge in [0.25, 0.3) is 0 Å². The third-order valence-corrected chi connectivity index (χ3v) is 4.21. The van der Waals surface area contributed by atoms with Gasteiger partial charge in [-0.15, -0.1) is 0 Å². The number of hydrogen-bond donors (Lipinski definition) is 0. The minimum Gasteiger partial charge on any atom is -0.232 e. The molecule has 0 amide bonds. The van der Waals surface area contributed by atoms with E-state index >= 15 is 0 Å². The summed E-state index contributed by atoms with van der Waals surface area (Å²) in [4.78, 5) is 0. The predicted molar refractivity (Wildman–Crippen MR) is 106 cm³/mol. The van der Waals surface area contributed by atoms with Gasteiger partial charge >= 0.3 is 0 Å². The average molecular weight is 334 g/mol. The van der Waals surface area contributed by atoms with Crippen molar-refractivity contribution in [2.24, 2.45) is 0 Å². The molecule has 0 aliphatic heterocycles. The van der Waals surface area contributed by atoms with E-state index in [1.54, 1.807) is 0 Å². The lowest BCUT2D eigenvalue weighted by atomic mass is 10.1. The lowest BCUT2D eigenvalue weighted by Crippen LogP contribution is -1.99. The third kappa shape index (κ3) is 3.29. The lowest BCUT2D eigenvalue weighted by Gasteiger charge is -2.08. The van der Waals surface area contributed by atoms with Gasteiger partial charge < -0.3 is 0 Å². The van der Waals surface area contributed by atoms with Gasteiger partial charge in [0.15, 0.2) is 0 Å². The van der Waals surface area contributed by atoms with Crippen LogP contribution in [-0.4, -0.2) is 9.78 Å². The van der Waals surface area contributed by atoms with E-state index in [4.69, 9.17) is 0 Å². The summed E-state index contributed by atoms with van der Waals surface area (Å²) in [7, 11) is 0. The van der Waals surface area contributed by atoms with Crippen LogP contribution in [0.5, 0.6) is 0 Å². The Morgan fingerprint density at radius 1 is 0.731 bits per heavy atom. The second-order valence-corrected chi connectivity index (χ2v) is 6.14. The van der Waals surface area contributed by atoms with E-state index in [9.17, 15) is 0 Å². The van der Waals surface area contributed by atoms with E-state index < -0.39 is 0 Å².